The first-order valence-electron chi connectivity index (χ1n) is 4.78. The van der Waals surface area contributed by atoms with Crippen molar-refractivity contribution >= 4 is 29.3 Å². The molecule has 1 amide bonds. The fraction of sp³-hybridized carbons (Fsp3) is 0.333. The van der Waals surface area contributed by atoms with Crippen molar-refractivity contribution in [3.63, 3.8) is 0 Å². The Labute approximate surface area is 101 Å². The molecule has 1 aromatic heterocycles. The van der Waals surface area contributed by atoms with Crippen LogP contribution in [0.1, 0.15) is 6.92 Å². The zero-order valence-electron chi connectivity index (χ0n) is 8.77. The number of aromatic nitrogens is 2. The summed E-state index contributed by atoms with van der Waals surface area (Å²) < 4.78 is 9.84. The predicted molar refractivity (Wildman–Crippen MR) is 56.7 cm³/mol. The van der Waals surface area contributed by atoms with E-state index in [-0.39, 0.29) is 23.3 Å². The molecule has 0 spiro atoms. The first-order chi connectivity index (χ1) is 8.13. The molecule has 7 nitrogen and oxygen atoms in total. The van der Waals surface area contributed by atoms with Gasteiger partial charge in [0.15, 0.2) is 11.0 Å². The number of carbonyl (C=O) groups is 2. The lowest BCUT2D eigenvalue weighted by molar-refractivity contribution is -0.155. The van der Waals surface area contributed by atoms with E-state index < -0.39 is 18.0 Å². The van der Waals surface area contributed by atoms with Gasteiger partial charge in [0.1, 0.15) is 6.33 Å². The van der Waals surface area contributed by atoms with Crippen molar-refractivity contribution in [1.82, 2.24) is 9.97 Å². The summed E-state index contributed by atoms with van der Waals surface area (Å²) >= 11 is 5.76. The van der Waals surface area contributed by atoms with Gasteiger partial charge in [-0.25, -0.2) is 14.8 Å². The number of nitrogens with zero attached hydrogens (tertiary/aromatic N) is 2. The van der Waals surface area contributed by atoms with Gasteiger partial charge in [-0.15, -0.1) is 0 Å². The summed E-state index contributed by atoms with van der Waals surface area (Å²) in [5.41, 5.74) is 0. The third-order valence-corrected chi connectivity index (χ3v) is 2.25. The first-order valence-corrected chi connectivity index (χ1v) is 5.16. The van der Waals surface area contributed by atoms with E-state index in [9.17, 15) is 9.59 Å². The quantitative estimate of drug-likeness (QED) is 0.468. The Bertz CT molecular complexity index is 479. The summed E-state index contributed by atoms with van der Waals surface area (Å²) in [6.45, 7) is 1.78. The Hall–Kier alpha value is -1.89. The van der Waals surface area contributed by atoms with E-state index >= 15 is 0 Å². The number of rotatable bonds is 2. The summed E-state index contributed by atoms with van der Waals surface area (Å²) in [6.07, 6.45) is -0.207. The maximum atomic E-state index is 11.5. The summed E-state index contributed by atoms with van der Waals surface area (Å²) in [5.74, 6) is -1.23. The van der Waals surface area contributed by atoms with Crippen LogP contribution in [0.25, 0.3) is 0 Å². The van der Waals surface area contributed by atoms with Crippen LogP contribution in [-0.4, -0.2) is 34.6 Å². The lowest BCUT2D eigenvalue weighted by Gasteiger charge is -2.23. The number of esters is 1. The van der Waals surface area contributed by atoms with Crippen LogP contribution in [0.5, 0.6) is 5.75 Å². The number of fused-ring (bicyclic) bond motifs is 1. The molecule has 1 atom stereocenters. The molecule has 1 N–H and O–H groups in total. The lowest BCUT2D eigenvalue weighted by Crippen LogP contribution is -2.44. The van der Waals surface area contributed by atoms with E-state index in [0.29, 0.717) is 0 Å². The van der Waals surface area contributed by atoms with Crippen molar-refractivity contribution in [3.05, 3.63) is 11.5 Å². The SMILES string of the molecule is CCOC(=O)C1Oc2c(Cl)ncnc2NC1=O. The monoisotopic (exact) mass is 257 g/mol. The largest absolute Gasteiger partial charge is 0.463 e. The van der Waals surface area contributed by atoms with E-state index in [1.54, 1.807) is 6.92 Å². The van der Waals surface area contributed by atoms with Crippen LogP contribution < -0.4 is 10.1 Å². The number of hydrogen-bond acceptors (Lipinski definition) is 6. The van der Waals surface area contributed by atoms with E-state index in [1.807, 2.05) is 0 Å². The van der Waals surface area contributed by atoms with Gasteiger partial charge in [0.25, 0.3) is 12.0 Å². The van der Waals surface area contributed by atoms with Crippen LogP contribution in [0.3, 0.4) is 0 Å². The van der Waals surface area contributed by atoms with E-state index in [1.165, 1.54) is 6.33 Å². The summed E-state index contributed by atoms with van der Waals surface area (Å²) in [4.78, 5) is 30.4. The molecule has 90 valence electrons. The fourth-order valence-corrected chi connectivity index (χ4v) is 1.45. The van der Waals surface area contributed by atoms with Gasteiger partial charge in [0.2, 0.25) is 5.75 Å². The number of amides is 1. The third-order valence-electron chi connectivity index (χ3n) is 1.98. The zero-order valence-corrected chi connectivity index (χ0v) is 9.52. The van der Waals surface area contributed by atoms with Gasteiger partial charge in [0.05, 0.1) is 6.61 Å². The Morgan fingerprint density at radius 1 is 1.65 bits per heavy atom. The molecule has 0 saturated carbocycles. The van der Waals surface area contributed by atoms with E-state index in [0.717, 1.165) is 0 Å². The molecule has 1 aliphatic heterocycles. The lowest BCUT2D eigenvalue weighted by atomic mass is 10.3. The number of hydrogen-bond donors (Lipinski definition) is 1. The molecule has 0 aliphatic carbocycles. The number of halogens is 1. The van der Waals surface area contributed by atoms with Gasteiger partial charge in [0, 0.05) is 0 Å². The minimum atomic E-state index is -1.38. The first kappa shape index (κ1) is 11.6. The molecule has 2 heterocycles. The number of ether oxygens (including phenoxy) is 2. The van der Waals surface area contributed by atoms with Gasteiger partial charge in [-0.05, 0) is 6.92 Å². The van der Waals surface area contributed by atoms with Crippen molar-refractivity contribution in [2.24, 2.45) is 0 Å². The van der Waals surface area contributed by atoms with Crippen molar-refractivity contribution in [2.45, 2.75) is 13.0 Å². The van der Waals surface area contributed by atoms with Crippen LogP contribution >= 0.6 is 11.6 Å². The van der Waals surface area contributed by atoms with Crippen LogP contribution in [0.15, 0.2) is 6.33 Å². The van der Waals surface area contributed by atoms with Gasteiger partial charge < -0.3 is 14.8 Å². The fourth-order valence-electron chi connectivity index (χ4n) is 1.27. The Balaban J connectivity index is 2.29. The molecule has 0 bridgehead atoms. The average molecular weight is 258 g/mol. The van der Waals surface area contributed by atoms with Gasteiger partial charge in [-0.3, -0.25) is 4.79 Å². The highest BCUT2D eigenvalue weighted by Crippen LogP contribution is 2.33. The topological polar surface area (TPSA) is 90.4 Å². The highest BCUT2D eigenvalue weighted by atomic mass is 35.5. The van der Waals surface area contributed by atoms with Crippen molar-refractivity contribution in [3.8, 4) is 5.75 Å². The highest BCUT2D eigenvalue weighted by Gasteiger charge is 2.37. The molecule has 0 radical (unpaired) electrons. The summed E-state index contributed by atoms with van der Waals surface area (Å²) in [7, 11) is 0. The number of carbonyl (C=O) groups excluding carboxylic acids is 2. The molecular weight excluding hydrogens is 250 g/mol. The molecule has 1 aromatic rings. The molecule has 8 heteroatoms. The summed E-state index contributed by atoms with van der Waals surface area (Å²) in [6, 6.07) is 0. The maximum absolute atomic E-state index is 11.5. The number of nitrogens with one attached hydrogen (secondary N) is 1. The van der Waals surface area contributed by atoms with Crippen molar-refractivity contribution in [2.75, 3.05) is 11.9 Å². The third kappa shape index (κ3) is 2.14. The minimum absolute atomic E-state index is 0.0179. The highest BCUT2D eigenvalue weighted by molar-refractivity contribution is 6.31. The molecule has 2 rings (SSSR count). The molecule has 0 aromatic carbocycles. The number of anilines is 1. The Morgan fingerprint density at radius 2 is 2.41 bits per heavy atom. The van der Waals surface area contributed by atoms with Gasteiger partial charge in [-0.1, -0.05) is 11.6 Å². The zero-order chi connectivity index (χ0) is 12.4. The van der Waals surface area contributed by atoms with Crippen molar-refractivity contribution < 1.29 is 19.1 Å². The average Bonchev–Trinajstić information content (AvgIpc) is 2.29. The molecule has 1 aliphatic rings. The second-order valence-corrected chi connectivity index (χ2v) is 3.44. The van der Waals surface area contributed by atoms with Crippen LogP contribution in [0, 0.1) is 0 Å². The van der Waals surface area contributed by atoms with E-state index in [2.05, 4.69) is 15.3 Å². The van der Waals surface area contributed by atoms with Gasteiger partial charge in [-0.2, -0.15) is 0 Å². The standard InChI is InChI=1S/C9H8ClN3O4/c1-2-16-9(15)5-8(14)13-7-4(17-5)6(10)11-3-12-7/h3,5H,2H2,1H3,(H,11,12,13,14). The molecule has 0 fully saturated rings. The van der Waals surface area contributed by atoms with Crippen molar-refractivity contribution in [1.29, 1.82) is 0 Å². The molecule has 1 unspecified atom stereocenters. The predicted octanol–water partition coefficient (Wildman–Crippen LogP) is 0.393. The Morgan fingerprint density at radius 3 is 3.12 bits per heavy atom. The minimum Gasteiger partial charge on any atom is -0.463 e. The Kier molecular flexibility index (Phi) is 3.10. The van der Waals surface area contributed by atoms with Crippen LogP contribution in [0.2, 0.25) is 5.15 Å². The normalized spacial score (nSPS) is 17.8. The molecule has 17 heavy (non-hydrogen) atoms. The molecular formula is C9H8ClN3O4. The van der Waals surface area contributed by atoms with Gasteiger partial charge >= 0.3 is 5.97 Å². The smallest absolute Gasteiger partial charge is 0.357 e. The van der Waals surface area contributed by atoms with E-state index in [4.69, 9.17) is 21.1 Å². The second-order valence-electron chi connectivity index (χ2n) is 3.08. The maximum Gasteiger partial charge on any atom is 0.357 e. The van der Waals surface area contributed by atoms with Crippen LogP contribution in [-0.2, 0) is 14.3 Å². The second kappa shape index (κ2) is 4.54. The molecule has 0 saturated heterocycles. The summed E-state index contributed by atoms with van der Waals surface area (Å²) in [5, 5.41) is 2.41. The van der Waals surface area contributed by atoms with Crippen LogP contribution in [0.4, 0.5) is 5.82 Å².